The molecule has 0 aromatic heterocycles. The zero-order valence-corrected chi connectivity index (χ0v) is 10.3. The van der Waals surface area contributed by atoms with E-state index in [1.54, 1.807) is 0 Å². The smallest absolute Gasteiger partial charge is 0.00519 e. The molecule has 0 aliphatic carbocycles. The Morgan fingerprint density at radius 3 is 1.69 bits per heavy atom. The molecule has 0 heterocycles. The average Bonchev–Trinajstić information content (AvgIpc) is 2.24. The van der Waals surface area contributed by atoms with Gasteiger partial charge in [-0.3, -0.25) is 0 Å². The first-order chi connectivity index (χ1) is 6.41. The Hall–Kier alpha value is -0.0800. The van der Waals surface area contributed by atoms with Crippen LogP contribution in [0.3, 0.4) is 0 Å². The molecule has 3 N–H and O–H groups in total. The van der Waals surface area contributed by atoms with Gasteiger partial charge < -0.3 is 11.1 Å². The lowest BCUT2D eigenvalue weighted by atomic mass is 10.2. The molecule has 2 heteroatoms. The lowest BCUT2D eigenvalue weighted by Gasteiger charge is -1.97. The van der Waals surface area contributed by atoms with Crippen molar-refractivity contribution in [3.8, 4) is 0 Å². The second-order valence-electron chi connectivity index (χ2n) is 2.31. The molecule has 0 atom stereocenters. The Labute approximate surface area is 85.3 Å². The molecule has 0 aliphatic heterocycles. The van der Waals surface area contributed by atoms with Crippen molar-refractivity contribution in [1.29, 1.82) is 0 Å². The highest BCUT2D eigenvalue weighted by Gasteiger charge is 1.85. The van der Waals surface area contributed by atoms with Crippen LogP contribution in [0.2, 0.25) is 0 Å². The van der Waals surface area contributed by atoms with Crippen LogP contribution in [0.5, 0.6) is 0 Å². The van der Waals surface area contributed by atoms with E-state index in [4.69, 9.17) is 5.73 Å². The maximum atomic E-state index is 5.33. The lowest BCUT2D eigenvalue weighted by Crippen LogP contribution is -2.07. The second kappa shape index (κ2) is 29.7. The summed E-state index contributed by atoms with van der Waals surface area (Å²) in [7, 11) is 1.99. The summed E-state index contributed by atoms with van der Waals surface area (Å²) in [6.45, 7) is 9.99. The SMILES string of the molecule is CC.CC.CNCCCCCCN. The van der Waals surface area contributed by atoms with Crippen LogP contribution >= 0.6 is 0 Å². The summed E-state index contributed by atoms with van der Waals surface area (Å²) in [5, 5.41) is 3.11. The summed E-state index contributed by atoms with van der Waals surface area (Å²) in [6, 6.07) is 0. The Morgan fingerprint density at radius 1 is 0.846 bits per heavy atom. The van der Waals surface area contributed by atoms with E-state index in [9.17, 15) is 0 Å². The van der Waals surface area contributed by atoms with Gasteiger partial charge in [0.1, 0.15) is 0 Å². The molecular weight excluding hydrogens is 160 g/mol. The van der Waals surface area contributed by atoms with Gasteiger partial charge in [-0.2, -0.15) is 0 Å². The first kappa shape index (κ1) is 18.7. The Kier molecular flexibility index (Phi) is 42.6. The van der Waals surface area contributed by atoms with Crippen LogP contribution in [0.4, 0.5) is 0 Å². The maximum absolute atomic E-state index is 5.33. The minimum atomic E-state index is 0.847. The monoisotopic (exact) mass is 190 g/mol. The van der Waals surface area contributed by atoms with E-state index in [0.717, 1.165) is 13.1 Å². The Balaban J connectivity index is -0.000000218. The van der Waals surface area contributed by atoms with Crippen molar-refractivity contribution in [2.24, 2.45) is 5.73 Å². The third-order valence-corrected chi connectivity index (χ3v) is 1.38. The normalized spacial score (nSPS) is 7.85. The van der Waals surface area contributed by atoms with Crippen molar-refractivity contribution in [2.45, 2.75) is 53.4 Å². The van der Waals surface area contributed by atoms with Gasteiger partial charge in [-0.15, -0.1) is 0 Å². The molecule has 0 saturated heterocycles. The van der Waals surface area contributed by atoms with E-state index in [-0.39, 0.29) is 0 Å². The topological polar surface area (TPSA) is 38.0 Å². The maximum Gasteiger partial charge on any atom is -0.00519 e. The standard InChI is InChI=1S/C7H18N2.2C2H6/c1-9-7-5-3-2-4-6-8;2*1-2/h9H,2-8H2,1H3;2*1-2H3. The van der Waals surface area contributed by atoms with Gasteiger partial charge >= 0.3 is 0 Å². The van der Waals surface area contributed by atoms with E-state index in [1.807, 2.05) is 34.7 Å². The van der Waals surface area contributed by atoms with Crippen LogP contribution in [-0.2, 0) is 0 Å². The third-order valence-electron chi connectivity index (χ3n) is 1.38. The van der Waals surface area contributed by atoms with Gasteiger partial charge in [0.25, 0.3) is 0 Å². The van der Waals surface area contributed by atoms with Crippen molar-refractivity contribution in [3.05, 3.63) is 0 Å². The first-order valence-electron chi connectivity index (χ1n) is 5.76. The number of hydrogen-bond donors (Lipinski definition) is 2. The quantitative estimate of drug-likeness (QED) is 0.632. The summed E-state index contributed by atoms with van der Waals surface area (Å²) < 4.78 is 0. The van der Waals surface area contributed by atoms with Crippen molar-refractivity contribution in [1.82, 2.24) is 5.32 Å². The van der Waals surface area contributed by atoms with Gasteiger partial charge in [-0.05, 0) is 33.0 Å². The molecule has 13 heavy (non-hydrogen) atoms. The summed E-state index contributed by atoms with van der Waals surface area (Å²) in [4.78, 5) is 0. The van der Waals surface area contributed by atoms with Crippen molar-refractivity contribution >= 4 is 0 Å². The number of unbranched alkanes of at least 4 members (excludes halogenated alkanes) is 3. The number of nitrogens with one attached hydrogen (secondary N) is 1. The molecule has 0 fully saturated rings. The van der Waals surface area contributed by atoms with Gasteiger partial charge in [-0.25, -0.2) is 0 Å². The highest BCUT2D eigenvalue weighted by atomic mass is 14.8. The molecule has 0 aromatic carbocycles. The molecule has 0 spiro atoms. The van der Waals surface area contributed by atoms with Crippen LogP contribution in [0.1, 0.15) is 53.4 Å². The molecule has 0 rings (SSSR count). The molecular formula is C11H30N2. The van der Waals surface area contributed by atoms with E-state index in [1.165, 1.54) is 25.7 Å². The molecule has 0 aromatic rings. The highest BCUT2D eigenvalue weighted by Crippen LogP contribution is 1.96. The minimum absolute atomic E-state index is 0.847. The first-order valence-corrected chi connectivity index (χ1v) is 5.76. The summed E-state index contributed by atoms with van der Waals surface area (Å²) in [5.74, 6) is 0. The lowest BCUT2D eigenvalue weighted by molar-refractivity contribution is 0.621. The van der Waals surface area contributed by atoms with E-state index in [2.05, 4.69) is 5.32 Å². The third kappa shape index (κ3) is 33.5. The molecule has 0 saturated carbocycles. The fraction of sp³-hybridized carbons (Fsp3) is 1.00. The van der Waals surface area contributed by atoms with Crippen LogP contribution in [0.25, 0.3) is 0 Å². The minimum Gasteiger partial charge on any atom is -0.330 e. The van der Waals surface area contributed by atoms with Crippen LogP contribution in [0, 0.1) is 0 Å². The predicted octanol–water partition coefficient (Wildman–Crippen LogP) is 2.78. The van der Waals surface area contributed by atoms with Gasteiger partial charge in [0.05, 0.1) is 0 Å². The largest absolute Gasteiger partial charge is 0.330 e. The zero-order valence-electron chi connectivity index (χ0n) is 10.3. The fourth-order valence-corrected chi connectivity index (χ4v) is 0.800. The number of hydrogen-bond acceptors (Lipinski definition) is 2. The van der Waals surface area contributed by atoms with E-state index >= 15 is 0 Å². The van der Waals surface area contributed by atoms with E-state index < -0.39 is 0 Å². The molecule has 0 unspecified atom stereocenters. The van der Waals surface area contributed by atoms with E-state index in [0.29, 0.717) is 0 Å². The van der Waals surface area contributed by atoms with Crippen molar-refractivity contribution in [2.75, 3.05) is 20.1 Å². The molecule has 84 valence electrons. The molecule has 0 aliphatic rings. The predicted molar refractivity (Wildman–Crippen MR) is 64.1 cm³/mol. The molecule has 0 amide bonds. The highest BCUT2D eigenvalue weighted by molar-refractivity contribution is 4.45. The summed E-state index contributed by atoms with van der Waals surface area (Å²) in [5.41, 5.74) is 5.33. The van der Waals surface area contributed by atoms with Crippen LogP contribution in [-0.4, -0.2) is 20.1 Å². The zero-order chi connectivity index (χ0) is 10.9. The number of nitrogens with two attached hydrogens (primary N) is 1. The summed E-state index contributed by atoms with van der Waals surface area (Å²) >= 11 is 0. The fourth-order valence-electron chi connectivity index (χ4n) is 0.800. The van der Waals surface area contributed by atoms with Gasteiger partial charge in [0, 0.05) is 0 Å². The molecule has 0 radical (unpaired) electrons. The van der Waals surface area contributed by atoms with Gasteiger partial charge in [0.2, 0.25) is 0 Å². The van der Waals surface area contributed by atoms with Crippen LogP contribution in [0.15, 0.2) is 0 Å². The number of rotatable bonds is 6. The van der Waals surface area contributed by atoms with Crippen molar-refractivity contribution in [3.63, 3.8) is 0 Å². The second-order valence-corrected chi connectivity index (χ2v) is 2.31. The Morgan fingerprint density at radius 2 is 1.31 bits per heavy atom. The molecule has 0 bridgehead atoms. The average molecular weight is 190 g/mol. The van der Waals surface area contributed by atoms with Crippen LogP contribution < -0.4 is 11.1 Å². The van der Waals surface area contributed by atoms with Crippen molar-refractivity contribution < 1.29 is 0 Å². The van der Waals surface area contributed by atoms with Gasteiger partial charge in [-0.1, -0.05) is 40.5 Å². The summed E-state index contributed by atoms with van der Waals surface area (Å²) in [6.07, 6.45) is 5.08. The Bertz CT molecular complexity index is 41.4. The molecule has 2 nitrogen and oxygen atoms in total. The van der Waals surface area contributed by atoms with Gasteiger partial charge in [0.15, 0.2) is 0 Å².